The van der Waals surface area contributed by atoms with Crippen molar-refractivity contribution in [3.8, 4) is 5.75 Å². The number of nitrogens with zero attached hydrogens (tertiary/aromatic N) is 1. The summed E-state index contributed by atoms with van der Waals surface area (Å²) in [4.78, 5) is 14.7. The molecule has 152 valence electrons. The molecule has 0 aliphatic heterocycles. The normalized spacial score (nSPS) is 26.5. The summed E-state index contributed by atoms with van der Waals surface area (Å²) in [5.41, 5.74) is 6.26. The Morgan fingerprint density at radius 2 is 2.00 bits per heavy atom. The number of carbonyl (C=O) groups is 1. The summed E-state index contributed by atoms with van der Waals surface area (Å²) in [6, 6.07) is 6.49. The highest BCUT2D eigenvalue weighted by molar-refractivity contribution is 7.90. The van der Waals surface area contributed by atoms with Crippen molar-refractivity contribution in [1.82, 2.24) is 4.90 Å². The maximum Gasteiger partial charge on any atom is 0.227 e. The quantitative estimate of drug-likeness (QED) is 0.687. The van der Waals surface area contributed by atoms with Gasteiger partial charge in [0, 0.05) is 25.9 Å². The van der Waals surface area contributed by atoms with Crippen molar-refractivity contribution in [1.29, 1.82) is 0 Å². The summed E-state index contributed by atoms with van der Waals surface area (Å²) in [6.45, 7) is 1.03. The van der Waals surface area contributed by atoms with E-state index in [4.69, 9.17) is 10.5 Å². The number of amides is 1. The van der Waals surface area contributed by atoms with Gasteiger partial charge in [0.15, 0.2) is 9.84 Å². The van der Waals surface area contributed by atoms with Crippen molar-refractivity contribution < 1.29 is 17.9 Å². The van der Waals surface area contributed by atoms with Crippen LogP contribution >= 0.6 is 12.4 Å². The number of carbonyl (C=O) groups excluding carboxylic acids is 1. The molecular weight excluding hydrogens is 388 g/mol. The highest BCUT2D eigenvalue weighted by Gasteiger charge is 2.49. The van der Waals surface area contributed by atoms with Gasteiger partial charge in [0.05, 0.1) is 17.4 Å². The minimum absolute atomic E-state index is 0. The molecule has 1 amide bonds. The zero-order valence-corrected chi connectivity index (χ0v) is 17.5. The summed E-state index contributed by atoms with van der Waals surface area (Å²) >= 11 is 0. The Balaban J connectivity index is 0.00000261. The fraction of sp³-hybridized carbons (Fsp3) is 0.632. The Bertz CT molecular complexity index is 769. The second-order valence-corrected chi connectivity index (χ2v) is 9.66. The number of hydrogen-bond acceptors (Lipinski definition) is 5. The van der Waals surface area contributed by atoms with Crippen LogP contribution in [0.3, 0.4) is 0 Å². The van der Waals surface area contributed by atoms with Crippen LogP contribution in [0.25, 0.3) is 0 Å². The number of rotatable bonds is 7. The topological polar surface area (TPSA) is 89.7 Å². The number of hydrogen-bond donors (Lipinski definition) is 1. The van der Waals surface area contributed by atoms with Crippen LogP contribution in [0.2, 0.25) is 0 Å². The first-order chi connectivity index (χ1) is 12.3. The maximum absolute atomic E-state index is 12.7. The van der Waals surface area contributed by atoms with E-state index in [2.05, 4.69) is 0 Å². The van der Waals surface area contributed by atoms with Gasteiger partial charge in [-0.1, -0.05) is 6.07 Å². The molecule has 27 heavy (non-hydrogen) atoms. The fourth-order valence-corrected chi connectivity index (χ4v) is 5.01. The van der Waals surface area contributed by atoms with E-state index in [-0.39, 0.29) is 35.2 Å². The van der Waals surface area contributed by atoms with Crippen molar-refractivity contribution in [2.45, 2.75) is 36.6 Å². The van der Waals surface area contributed by atoms with Crippen LogP contribution in [0, 0.1) is 17.8 Å². The Kier molecular flexibility index (Phi) is 7.16. The highest BCUT2D eigenvalue weighted by Crippen LogP contribution is 2.48. The van der Waals surface area contributed by atoms with Crippen molar-refractivity contribution in [3.63, 3.8) is 0 Å². The molecule has 1 aromatic rings. The van der Waals surface area contributed by atoms with Crippen LogP contribution in [0.15, 0.2) is 29.2 Å². The second-order valence-electron chi connectivity index (χ2n) is 7.65. The summed E-state index contributed by atoms with van der Waals surface area (Å²) < 4.78 is 28.8. The van der Waals surface area contributed by atoms with Gasteiger partial charge in [0.1, 0.15) is 5.75 Å². The molecular formula is C19H29ClN2O4S. The molecule has 4 atom stereocenters. The van der Waals surface area contributed by atoms with E-state index >= 15 is 0 Å². The average molecular weight is 417 g/mol. The third-order valence-electron chi connectivity index (χ3n) is 5.78. The maximum atomic E-state index is 12.7. The number of fused-ring (bicyclic) bond motifs is 2. The third kappa shape index (κ3) is 4.95. The average Bonchev–Trinajstić information content (AvgIpc) is 3.18. The molecule has 1 aromatic carbocycles. The SMILES string of the molecule is CN(CCCOc1cccc(S(C)(=O)=O)c1)C(=O)C1C2CCC(C2)C1N.Cl. The number of ether oxygens (including phenoxy) is 1. The van der Waals surface area contributed by atoms with Gasteiger partial charge in [-0.15, -0.1) is 12.4 Å². The van der Waals surface area contributed by atoms with Gasteiger partial charge in [-0.25, -0.2) is 8.42 Å². The zero-order valence-electron chi connectivity index (χ0n) is 15.8. The lowest BCUT2D eigenvalue weighted by molar-refractivity contribution is -0.136. The number of benzene rings is 1. The number of halogens is 1. The molecule has 0 saturated heterocycles. The van der Waals surface area contributed by atoms with Crippen LogP contribution in [0.5, 0.6) is 5.75 Å². The summed E-state index contributed by atoms with van der Waals surface area (Å²) in [5, 5.41) is 0. The van der Waals surface area contributed by atoms with E-state index < -0.39 is 9.84 Å². The summed E-state index contributed by atoms with van der Waals surface area (Å²) in [5.74, 6) is 1.64. The van der Waals surface area contributed by atoms with E-state index in [0.717, 1.165) is 12.8 Å². The predicted octanol–water partition coefficient (Wildman–Crippen LogP) is 2.11. The van der Waals surface area contributed by atoms with Crippen molar-refractivity contribution in [2.24, 2.45) is 23.5 Å². The van der Waals surface area contributed by atoms with Gasteiger partial charge < -0.3 is 15.4 Å². The lowest BCUT2D eigenvalue weighted by Gasteiger charge is -2.30. The Morgan fingerprint density at radius 3 is 2.63 bits per heavy atom. The van der Waals surface area contributed by atoms with E-state index in [0.29, 0.717) is 37.2 Å². The third-order valence-corrected chi connectivity index (χ3v) is 6.89. The molecule has 2 saturated carbocycles. The number of sulfone groups is 1. The molecule has 2 aliphatic carbocycles. The number of nitrogens with two attached hydrogens (primary N) is 1. The summed E-state index contributed by atoms with van der Waals surface area (Å²) in [6.07, 6.45) is 5.25. The molecule has 2 N–H and O–H groups in total. The van der Waals surface area contributed by atoms with Gasteiger partial charge >= 0.3 is 0 Å². The highest BCUT2D eigenvalue weighted by atomic mass is 35.5. The smallest absolute Gasteiger partial charge is 0.227 e. The first kappa shape index (κ1) is 22.0. The van der Waals surface area contributed by atoms with Gasteiger partial charge in [-0.2, -0.15) is 0 Å². The lowest BCUT2D eigenvalue weighted by atomic mass is 9.84. The monoisotopic (exact) mass is 416 g/mol. The standard InChI is InChI=1S/C19H28N2O4S.ClH/c1-21(19(22)17-13-7-8-14(11-13)18(17)20)9-4-10-25-15-5-3-6-16(12-15)26(2,23)24;/h3,5-6,12-14,17-18H,4,7-11,20H2,1-2H3;1H. The van der Waals surface area contributed by atoms with E-state index in [1.54, 1.807) is 23.1 Å². The minimum atomic E-state index is -3.24. The van der Waals surface area contributed by atoms with E-state index in [9.17, 15) is 13.2 Å². The zero-order chi connectivity index (χ0) is 18.9. The van der Waals surface area contributed by atoms with Crippen molar-refractivity contribution >= 4 is 28.2 Å². The van der Waals surface area contributed by atoms with E-state index in [1.165, 1.54) is 18.7 Å². The first-order valence-corrected chi connectivity index (χ1v) is 11.1. The van der Waals surface area contributed by atoms with Crippen LogP contribution in [-0.4, -0.2) is 51.7 Å². The Hall–Kier alpha value is -1.31. The molecule has 2 fully saturated rings. The molecule has 6 nitrogen and oxygen atoms in total. The molecule has 0 radical (unpaired) electrons. The molecule has 4 unspecified atom stereocenters. The molecule has 0 heterocycles. The Morgan fingerprint density at radius 1 is 1.30 bits per heavy atom. The molecule has 2 bridgehead atoms. The van der Waals surface area contributed by atoms with Crippen LogP contribution < -0.4 is 10.5 Å². The minimum Gasteiger partial charge on any atom is -0.493 e. The largest absolute Gasteiger partial charge is 0.493 e. The first-order valence-electron chi connectivity index (χ1n) is 9.21. The fourth-order valence-electron chi connectivity index (χ4n) is 4.35. The Labute approximate surface area is 167 Å². The molecule has 0 aromatic heterocycles. The van der Waals surface area contributed by atoms with Gasteiger partial charge in [0.25, 0.3) is 0 Å². The predicted molar refractivity (Wildman–Crippen MR) is 107 cm³/mol. The second kappa shape index (κ2) is 8.80. The van der Waals surface area contributed by atoms with Gasteiger partial charge in [-0.3, -0.25) is 4.79 Å². The van der Waals surface area contributed by atoms with E-state index in [1.807, 2.05) is 7.05 Å². The summed E-state index contributed by atoms with van der Waals surface area (Å²) in [7, 11) is -1.42. The van der Waals surface area contributed by atoms with Gasteiger partial charge in [0.2, 0.25) is 5.91 Å². The van der Waals surface area contributed by atoms with Crippen molar-refractivity contribution in [3.05, 3.63) is 24.3 Å². The molecule has 8 heteroatoms. The van der Waals surface area contributed by atoms with Crippen LogP contribution in [0.4, 0.5) is 0 Å². The van der Waals surface area contributed by atoms with Crippen LogP contribution in [-0.2, 0) is 14.6 Å². The lowest BCUT2D eigenvalue weighted by Crippen LogP contribution is -2.46. The molecule has 3 rings (SSSR count). The van der Waals surface area contributed by atoms with Crippen molar-refractivity contribution in [2.75, 3.05) is 26.5 Å². The van der Waals surface area contributed by atoms with Crippen LogP contribution in [0.1, 0.15) is 25.7 Å². The van der Waals surface area contributed by atoms with Gasteiger partial charge in [-0.05, 0) is 55.7 Å². The molecule has 0 spiro atoms. The molecule has 2 aliphatic rings.